The first-order valence-electron chi connectivity index (χ1n) is 3.87. The van der Waals surface area contributed by atoms with Crippen molar-refractivity contribution in [1.29, 1.82) is 5.26 Å². The van der Waals surface area contributed by atoms with E-state index in [9.17, 15) is 0 Å². The number of halogens is 1. The van der Waals surface area contributed by atoms with Crippen LogP contribution in [0.25, 0.3) is 10.9 Å². The van der Waals surface area contributed by atoms with Gasteiger partial charge in [-0.2, -0.15) is 5.26 Å². The van der Waals surface area contributed by atoms with Gasteiger partial charge in [0.05, 0.1) is 18.2 Å². The van der Waals surface area contributed by atoms with Gasteiger partial charge in [0.1, 0.15) is 10.5 Å². The summed E-state index contributed by atoms with van der Waals surface area (Å²) in [6, 6.07) is 2.08. The van der Waals surface area contributed by atoms with Gasteiger partial charge in [0.25, 0.3) is 0 Å². The summed E-state index contributed by atoms with van der Waals surface area (Å²) in [6.45, 7) is 0. The van der Waals surface area contributed by atoms with Gasteiger partial charge in [-0.05, 0) is 15.9 Å². The van der Waals surface area contributed by atoms with Crippen molar-refractivity contribution in [2.45, 2.75) is 0 Å². The van der Waals surface area contributed by atoms with Crippen molar-refractivity contribution in [1.82, 2.24) is 9.97 Å². The number of H-pyrrole nitrogens is 1. The molecule has 1 N–H and O–H groups in total. The number of methoxy groups -OCH3 is 1. The summed E-state index contributed by atoms with van der Waals surface area (Å²) in [7, 11) is 1.55. The van der Waals surface area contributed by atoms with Crippen LogP contribution in [0.1, 0.15) is 5.56 Å². The van der Waals surface area contributed by atoms with Crippen molar-refractivity contribution < 1.29 is 4.74 Å². The summed E-state index contributed by atoms with van der Waals surface area (Å²) in [6.07, 6.45) is 3.27. The topological polar surface area (TPSA) is 61.7 Å². The van der Waals surface area contributed by atoms with Crippen LogP contribution in [0.15, 0.2) is 16.9 Å². The maximum atomic E-state index is 8.80. The van der Waals surface area contributed by atoms with Crippen LogP contribution in [-0.2, 0) is 0 Å². The molecule has 0 saturated heterocycles. The number of pyridine rings is 1. The first-order chi connectivity index (χ1) is 6.77. The Morgan fingerprint density at radius 1 is 1.64 bits per heavy atom. The minimum absolute atomic E-state index is 0.504. The van der Waals surface area contributed by atoms with E-state index in [4.69, 9.17) is 10.00 Å². The van der Waals surface area contributed by atoms with E-state index in [-0.39, 0.29) is 0 Å². The van der Waals surface area contributed by atoms with Crippen molar-refractivity contribution in [2.24, 2.45) is 0 Å². The Balaban J connectivity index is 2.80. The lowest BCUT2D eigenvalue weighted by atomic mass is 10.2. The molecule has 4 nitrogen and oxygen atoms in total. The maximum Gasteiger partial charge on any atom is 0.229 e. The van der Waals surface area contributed by atoms with E-state index in [1.165, 1.54) is 0 Å². The van der Waals surface area contributed by atoms with E-state index in [1.807, 2.05) is 0 Å². The standard InChI is InChI=1S/C9H6BrN3O/c1-14-9-7(10)8-6(4-13-9)5(2-11)3-12-8/h3-4,12H,1H3. The normalized spacial score (nSPS) is 10.1. The zero-order valence-electron chi connectivity index (χ0n) is 7.34. The summed E-state index contributed by atoms with van der Waals surface area (Å²) in [5, 5.41) is 9.59. The van der Waals surface area contributed by atoms with Crippen LogP contribution in [0.5, 0.6) is 5.88 Å². The molecule has 0 amide bonds. The lowest BCUT2D eigenvalue weighted by molar-refractivity contribution is 0.396. The van der Waals surface area contributed by atoms with Gasteiger partial charge in [-0.3, -0.25) is 0 Å². The quantitative estimate of drug-likeness (QED) is 0.846. The van der Waals surface area contributed by atoms with Gasteiger partial charge in [-0.15, -0.1) is 0 Å². The number of aromatic amines is 1. The second-order valence-corrected chi connectivity index (χ2v) is 3.48. The Labute approximate surface area is 88.6 Å². The van der Waals surface area contributed by atoms with Crippen LogP contribution >= 0.6 is 15.9 Å². The third kappa shape index (κ3) is 1.16. The molecule has 0 saturated carbocycles. The van der Waals surface area contributed by atoms with E-state index in [2.05, 4.69) is 32.0 Å². The molecule has 0 atom stereocenters. The number of hydrogen-bond donors (Lipinski definition) is 1. The molecule has 0 aliphatic rings. The van der Waals surface area contributed by atoms with Gasteiger partial charge >= 0.3 is 0 Å². The Hall–Kier alpha value is -1.54. The molecule has 0 bridgehead atoms. The lowest BCUT2D eigenvalue weighted by Crippen LogP contribution is -1.88. The van der Waals surface area contributed by atoms with Gasteiger partial charge in [-0.1, -0.05) is 0 Å². The third-order valence-corrected chi connectivity index (χ3v) is 2.69. The zero-order valence-corrected chi connectivity index (χ0v) is 8.92. The third-order valence-electron chi connectivity index (χ3n) is 1.95. The second-order valence-electron chi connectivity index (χ2n) is 2.68. The smallest absolute Gasteiger partial charge is 0.229 e. The first-order valence-corrected chi connectivity index (χ1v) is 4.67. The minimum Gasteiger partial charge on any atom is -0.480 e. The Kier molecular flexibility index (Phi) is 2.14. The molecule has 0 spiro atoms. The molecule has 14 heavy (non-hydrogen) atoms. The highest BCUT2D eigenvalue weighted by Crippen LogP contribution is 2.31. The van der Waals surface area contributed by atoms with Gasteiger partial charge in [0.2, 0.25) is 5.88 Å². The van der Waals surface area contributed by atoms with E-state index in [0.29, 0.717) is 11.4 Å². The first kappa shape index (κ1) is 9.03. The lowest BCUT2D eigenvalue weighted by Gasteiger charge is -2.01. The summed E-state index contributed by atoms with van der Waals surface area (Å²) < 4.78 is 5.77. The van der Waals surface area contributed by atoms with Crippen LogP contribution in [-0.4, -0.2) is 17.1 Å². The number of nitriles is 1. The highest BCUT2D eigenvalue weighted by molar-refractivity contribution is 9.10. The molecule has 2 aromatic heterocycles. The van der Waals surface area contributed by atoms with Crippen molar-refractivity contribution in [2.75, 3.05) is 7.11 Å². The predicted octanol–water partition coefficient (Wildman–Crippen LogP) is 2.21. The molecular weight excluding hydrogens is 246 g/mol. The summed E-state index contributed by atoms with van der Waals surface area (Å²) in [5.41, 5.74) is 1.41. The number of nitrogens with zero attached hydrogens (tertiary/aromatic N) is 2. The number of ether oxygens (including phenoxy) is 1. The molecule has 0 aromatic carbocycles. The highest BCUT2D eigenvalue weighted by Gasteiger charge is 2.10. The average Bonchev–Trinajstić information content (AvgIpc) is 2.62. The van der Waals surface area contributed by atoms with E-state index in [0.717, 1.165) is 15.4 Å². The predicted molar refractivity (Wildman–Crippen MR) is 55.1 cm³/mol. The van der Waals surface area contributed by atoms with Crippen LogP contribution in [0, 0.1) is 11.3 Å². The molecule has 0 aliphatic carbocycles. The van der Waals surface area contributed by atoms with E-state index >= 15 is 0 Å². The SMILES string of the molecule is COc1ncc2c(C#N)c[nH]c2c1Br. The summed E-state index contributed by atoms with van der Waals surface area (Å²) >= 11 is 3.36. The summed E-state index contributed by atoms with van der Waals surface area (Å²) in [4.78, 5) is 7.06. The molecule has 5 heteroatoms. The van der Waals surface area contributed by atoms with Crippen LogP contribution in [0.4, 0.5) is 0 Å². The Morgan fingerprint density at radius 3 is 3.07 bits per heavy atom. The van der Waals surface area contributed by atoms with Crippen LogP contribution in [0.2, 0.25) is 0 Å². The van der Waals surface area contributed by atoms with Gasteiger partial charge in [-0.25, -0.2) is 4.98 Å². The zero-order chi connectivity index (χ0) is 10.1. The number of aromatic nitrogens is 2. The fourth-order valence-corrected chi connectivity index (χ4v) is 1.86. The van der Waals surface area contributed by atoms with Crippen molar-refractivity contribution >= 4 is 26.8 Å². The van der Waals surface area contributed by atoms with E-state index in [1.54, 1.807) is 19.5 Å². The summed E-state index contributed by atoms with van der Waals surface area (Å²) in [5.74, 6) is 0.504. The molecule has 2 heterocycles. The molecule has 2 aromatic rings. The molecule has 0 fully saturated rings. The molecule has 0 unspecified atom stereocenters. The van der Waals surface area contributed by atoms with Gasteiger partial charge in [0.15, 0.2) is 0 Å². The number of hydrogen-bond acceptors (Lipinski definition) is 3. The van der Waals surface area contributed by atoms with E-state index < -0.39 is 0 Å². The van der Waals surface area contributed by atoms with Crippen LogP contribution in [0.3, 0.4) is 0 Å². The maximum absolute atomic E-state index is 8.80. The van der Waals surface area contributed by atoms with Gasteiger partial charge in [0, 0.05) is 17.8 Å². The fourth-order valence-electron chi connectivity index (χ4n) is 1.27. The Bertz CT molecular complexity index is 527. The monoisotopic (exact) mass is 251 g/mol. The largest absolute Gasteiger partial charge is 0.480 e. The second kappa shape index (κ2) is 3.31. The number of rotatable bonds is 1. The molecule has 0 radical (unpaired) electrons. The van der Waals surface area contributed by atoms with Crippen molar-refractivity contribution in [3.63, 3.8) is 0 Å². The number of fused-ring (bicyclic) bond motifs is 1. The average molecular weight is 252 g/mol. The highest BCUT2D eigenvalue weighted by atomic mass is 79.9. The minimum atomic E-state index is 0.504. The molecule has 2 rings (SSSR count). The molecular formula is C9H6BrN3O. The fraction of sp³-hybridized carbons (Fsp3) is 0.111. The van der Waals surface area contributed by atoms with Crippen molar-refractivity contribution in [3.8, 4) is 11.9 Å². The van der Waals surface area contributed by atoms with Crippen LogP contribution < -0.4 is 4.74 Å². The van der Waals surface area contributed by atoms with Crippen molar-refractivity contribution in [3.05, 3.63) is 22.4 Å². The Morgan fingerprint density at radius 2 is 2.43 bits per heavy atom. The number of nitrogens with one attached hydrogen (secondary N) is 1. The molecule has 0 aliphatic heterocycles. The van der Waals surface area contributed by atoms with Gasteiger partial charge < -0.3 is 9.72 Å². The molecule has 70 valence electrons.